The van der Waals surface area contributed by atoms with Gasteiger partial charge in [0.2, 0.25) is 0 Å². The zero-order chi connectivity index (χ0) is 13.8. The van der Waals surface area contributed by atoms with Crippen LogP contribution in [-0.4, -0.2) is 14.2 Å². The van der Waals surface area contributed by atoms with Crippen molar-refractivity contribution < 1.29 is 13.9 Å². The van der Waals surface area contributed by atoms with Gasteiger partial charge in [-0.05, 0) is 41.5 Å². The molecule has 0 spiro atoms. The van der Waals surface area contributed by atoms with Crippen molar-refractivity contribution in [2.75, 3.05) is 14.2 Å². The van der Waals surface area contributed by atoms with Crippen molar-refractivity contribution in [3.8, 4) is 22.6 Å². The molecule has 2 aromatic carbocycles. The first-order valence-corrected chi connectivity index (χ1v) is 5.90. The van der Waals surface area contributed by atoms with E-state index in [-0.39, 0.29) is 5.82 Å². The van der Waals surface area contributed by atoms with Gasteiger partial charge in [0.15, 0.2) is 0 Å². The summed E-state index contributed by atoms with van der Waals surface area (Å²) >= 11 is 0. The SMILES string of the molecule is COc1ccc(-c2cc(F)ccc2OC)c(CN)c1. The lowest BCUT2D eigenvalue weighted by atomic mass is 9.98. The molecule has 0 heterocycles. The van der Waals surface area contributed by atoms with Crippen LogP contribution in [0.15, 0.2) is 36.4 Å². The van der Waals surface area contributed by atoms with Gasteiger partial charge in [0.25, 0.3) is 0 Å². The fourth-order valence-electron chi connectivity index (χ4n) is 2.02. The third-order valence-corrected chi connectivity index (χ3v) is 2.98. The van der Waals surface area contributed by atoms with Gasteiger partial charge in [-0.3, -0.25) is 0 Å². The number of benzene rings is 2. The van der Waals surface area contributed by atoms with Gasteiger partial charge in [-0.25, -0.2) is 4.39 Å². The highest BCUT2D eigenvalue weighted by molar-refractivity contribution is 5.74. The molecule has 0 radical (unpaired) electrons. The lowest BCUT2D eigenvalue weighted by Gasteiger charge is -2.13. The standard InChI is InChI=1S/C15H16FNO2/c1-18-12-4-5-13(10(7-12)9-17)14-8-11(16)3-6-15(14)19-2/h3-8H,9,17H2,1-2H3. The van der Waals surface area contributed by atoms with Crippen LogP contribution < -0.4 is 15.2 Å². The van der Waals surface area contributed by atoms with Crippen LogP contribution in [0.2, 0.25) is 0 Å². The lowest BCUT2D eigenvalue weighted by Crippen LogP contribution is -2.01. The van der Waals surface area contributed by atoms with E-state index < -0.39 is 0 Å². The van der Waals surface area contributed by atoms with Crippen LogP contribution in [0.4, 0.5) is 4.39 Å². The van der Waals surface area contributed by atoms with Gasteiger partial charge >= 0.3 is 0 Å². The Morgan fingerprint density at radius 1 is 1.00 bits per heavy atom. The van der Waals surface area contributed by atoms with E-state index in [1.807, 2.05) is 18.2 Å². The first-order valence-electron chi connectivity index (χ1n) is 5.90. The molecule has 0 bridgehead atoms. The summed E-state index contributed by atoms with van der Waals surface area (Å²) in [4.78, 5) is 0. The number of hydrogen-bond acceptors (Lipinski definition) is 3. The lowest BCUT2D eigenvalue weighted by molar-refractivity contribution is 0.413. The molecule has 4 heteroatoms. The van der Waals surface area contributed by atoms with Crippen molar-refractivity contribution in [3.63, 3.8) is 0 Å². The van der Waals surface area contributed by atoms with Gasteiger partial charge in [0, 0.05) is 12.1 Å². The van der Waals surface area contributed by atoms with Crippen LogP contribution in [0, 0.1) is 5.82 Å². The Kier molecular flexibility index (Phi) is 4.02. The quantitative estimate of drug-likeness (QED) is 0.920. The molecule has 0 atom stereocenters. The van der Waals surface area contributed by atoms with Crippen LogP contribution in [0.25, 0.3) is 11.1 Å². The molecule has 2 N–H and O–H groups in total. The van der Waals surface area contributed by atoms with Crippen LogP contribution in [0.5, 0.6) is 11.5 Å². The fraction of sp³-hybridized carbons (Fsp3) is 0.200. The van der Waals surface area contributed by atoms with Gasteiger partial charge < -0.3 is 15.2 Å². The van der Waals surface area contributed by atoms with Crippen molar-refractivity contribution >= 4 is 0 Å². The van der Waals surface area contributed by atoms with E-state index in [9.17, 15) is 4.39 Å². The Hall–Kier alpha value is -2.07. The molecule has 100 valence electrons. The molecule has 0 aliphatic carbocycles. The molecule has 0 aliphatic rings. The first-order chi connectivity index (χ1) is 9.19. The van der Waals surface area contributed by atoms with Gasteiger partial charge in [0.05, 0.1) is 14.2 Å². The second kappa shape index (κ2) is 5.71. The van der Waals surface area contributed by atoms with E-state index in [0.29, 0.717) is 17.9 Å². The van der Waals surface area contributed by atoms with Crippen molar-refractivity contribution in [1.82, 2.24) is 0 Å². The maximum Gasteiger partial charge on any atom is 0.126 e. The summed E-state index contributed by atoms with van der Waals surface area (Å²) in [5.74, 6) is 1.02. The first kappa shape index (κ1) is 13.4. The van der Waals surface area contributed by atoms with E-state index in [1.54, 1.807) is 20.3 Å². The number of rotatable bonds is 4. The minimum absolute atomic E-state index is 0.311. The predicted molar refractivity (Wildman–Crippen MR) is 72.8 cm³/mol. The topological polar surface area (TPSA) is 44.5 Å². The second-order valence-corrected chi connectivity index (χ2v) is 4.07. The predicted octanol–water partition coefficient (Wildman–Crippen LogP) is 2.97. The zero-order valence-electron chi connectivity index (χ0n) is 10.9. The van der Waals surface area contributed by atoms with Gasteiger partial charge in [-0.1, -0.05) is 6.07 Å². The Morgan fingerprint density at radius 3 is 2.42 bits per heavy atom. The molecular weight excluding hydrogens is 245 g/mol. The average Bonchev–Trinajstić information content (AvgIpc) is 2.46. The normalized spacial score (nSPS) is 10.3. The minimum Gasteiger partial charge on any atom is -0.497 e. The van der Waals surface area contributed by atoms with Crippen molar-refractivity contribution in [3.05, 3.63) is 47.8 Å². The van der Waals surface area contributed by atoms with E-state index in [0.717, 1.165) is 16.9 Å². The van der Waals surface area contributed by atoms with Crippen LogP contribution in [0.1, 0.15) is 5.56 Å². The Labute approximate surface area is 111 Å². The number of halogens is 1. The highest BCUT2D eigenvalue weighted by atomic mass is 19.1. The van der Waals surface area contributed by atoms with Crippen LogP contribution in [0.3, 0.4) is 0 Å². The number of ether oxygens (including phenoxy) is 2. The van der Waals surface area contributed by atoms with Gasteiger partial charge in [0.1, 0.15) is 17.3 Å². The molecular formula is C15H16FNO2. The average molecular weight is 261 g/mol. The van der Waals surface area contributed by atoms with Crippen LogP contribution in [-0.2, 0) is 6.54 Å². The molecule has 0 aromatic heterocycles. The van der Waals surface area contributed by atoms with E-state index in [2.05, 4.69) is 0 Å². The highest BCUT2D eigenvalue weighted by Gasteiger charge is 2.11. The summed E-state index contributed by atoms with van der Waals surface area (Å²) in [5, 5.41) is 0. The molecule has 2 rings (SSSR count). The zero-order valence-corrected chi connectivity index (χ0v) is 10.9. The van der Waals surface area contributed by atoms with E-state index >= 15 is 0 Å². The van der Waals surface area contributed by atoms with Crippen molar-refractivity contribution in [1.29, 1.82) is 0 Å². The third-order valence-electron chi connectivity index (χ3n) is 2.98. The number of nitrogens with two attached hydrogens (primary N) is 1. The van der Waals surface area contributed by atoms with Gasteiger partial charge in [-0.15, -0.1) is 0 Å². The summed E-state index contributed by atoms with van der Waals surface area (Å²) in [6, 6.07) is 9.94. The van der Waals surface area contributed by atoms with Crippen molar-refractivity contribution in [2.45, 2.75) is 6.54 Å². The largest absolute Gasteiger partial charge is 0.497 e. The van der Waals surface area contributed by atoms with Crippen molar-refractivity contribution in [2.24, 2.45) is 5.73 Å². The molecule has 0 saturated carbocycles. The Morgan fingerprint density at radius 2 is 1.79 bits per heavy atom. The molecule has 3 nitrogen and oxygen atoms in total. The van der Waals surface area contributed by atoms with E-state index in [4.69, 9.17) is 15.2 Å². The minimum atomic E-state index is -0.311. The third kappa shape index (κ3) is 2.69. The Bertz CT molecular complexity index is 584. The molecule has 0 saturated heterocycles. The van der Waals surface area contributed by atoms with E-state index in [1.165, 1.54) is 12.1 Å². The molecule has 2 aromatic rings. The molecule has 0 unspecified atom stereocenters. The Balaban J connectivity index is 2.60. The number of hydrogen-bond donors (Lipinski definition) is 1. The molecule has 19 heavy (non-hydrogen) atoms. The summed E-state index contributed by atoms with van der Waals surface area (Å²) in [7, 11) is 3.15. The molecule has 0 aliphatic heterocycles. The maximum absolute atomic E-state index is 13.4. The highest BCUT2D eigenvalue weighted by Crippen LogP contribution is 2.34. The second-order valence-electron chi connectivity index (χ2n) is 4.07. The summed E-state index contributed by atoms with van der Waals surface area (Å²) < 4.78 is 23.9. The summed E-state index contributed by atoms with van der Waals surface area (Å²) in [6.07, 6.45) is 0. The monoisotopic (exact) mass is 261 g/mol. The fourth-order valence-corrected chi connectivity index (χ4v) is 2.02. The smallest absolute Gasteiger partial charge is 0.126 e. The summed E-state index contributed by atoms with van der Waals surface area (Å²) in [6.45, 7) is 0.339. The number of methoxy groups -OCH3 is 2. The summed E-state index contributed by atoms with van der Waals surface area (Å²) in [5.41, 5.74) is 8.16. The maximum atomic E-state index is 13.4. The molecule has 0 amide bonds. The van der Waals surface area contributed by atoms with Crippen LogP contribution >= 0.6 is 0 Å². The molecule has 0 fully saturated rings. The van der Waals surface area contributed by atoms with Gasteiger partial charge in [-0.2, -0.15) is 0 Å².